The van der Waals surface area contributed by atoms with Crippen molar-refractivity contribution in [3.05, 3.63) is 95.8 Å². The number of hydrogen-bond donors (Lipinski definition) is 1. The standard InChI is InChI=1S/C29H30ClN3O4/c1-4-7-21-10-15-26(27(18-21)35-3)36-17-16-33-25-9-6-5-8-24(25)32-29(33)20(2)31-28(34)19-37-23-13-11-22(30)12-14-23/h4-6,8-15,18,20H,1,7,16-17,19H2,2-3H3,(H,31,34). The summed E-state index contributed by atoms with van der Waals surface area (Å²) >= 11 is 5.90. The lowest BCUT2D eigenvalue weighted by molar-refractivity contribution is -0.123. The molecule has 0 spiro atoms. The Labute approximate surface area is 221 Å². The van der Waals surface area contributed by atoms with Gasteiger partial charge >= 0.3 is 0 Å². The van der Waals surface area contributed by atoms with Gasteiger partial charge in [-0.05, 0) is 67.4 Å². The fourth-order valence-electron chi connectivity index (χ4n) is 4.06. The Morgan fingerprint density at radius 3 is 2.65 bits per heavy atom. The van der Waals surface area contributed by atoms with Crippen LogP contribution in [0.4, 0.5) is 0 Å². The van der Waals surface area contributed by atoms with Gasteiger partial charge in [-0.15, -0.1) is 6.58 Å². The highest BCUT2D eigenvalue weighted by molar-refractivity contribution is 6.30. The summed E-state index contributed by atoms with van der Waals surface area (Å²) in [6, 6.07) is 20.3. The first-order chi connectivity index (χ1) is 18.0. The molecule has 7 nitrogen and oxygen atoms in total. The van der Waals surface area contributed by atoms with Gasteiger partial charge in [0.25, 0.3) is 5.91 Å². The second-order valence-corrected chi connectivity index (χ2v) is 8.91. The Balaban J connectivity index is 1.44. The fraction of sp³-hybridized carbons (Fsp3) is 0.241. The van der Waals surface area contributed by atoms with Gasteiger partial charge in [-0.2, -0.15) is 0 Å². The quantitative estimate of drug-likeness (QED) is 0.241. The molecule has 1 atom stereocenters. The van der Waals surface area contributed by atoms with Crippen LogP contribution < -0.4 is 19.5 Å². The van der Waals surface area contributed by atoms with Gasteiger partial charge in [0.1, 0.15) is 18.2 Å². The molecule has 1 unspecified atom stereocenters. The third-order valence-corrected chi connectivity index (χ3v) is 6.06. The average molecular weight is 520 g/mol. The van der Waals surface area contributed by atoms with Gasteiger partial charge < -0.3 is 24.1 Å². The van der Waals surface area contributed by atoms with Crippen LogP contribution in [-0.4, -0.2) is 35.8 Å². The van der Waals surface area contributed by atoms with E-state index in [1.54, 1.807) is 31.4 Å². The van der Waals surface area contributed by atoms with E-state index in [2.05, 4.69) is 16.5 Å². The number of nitrogens with zero attached hydrogens (tertiary/aromatic N) is 2. The highest BCUT2D eigenvalue weighted by Gasteiger charge is 2.19. The van der Waals surface area contributed by atoms with E-state index in [0.29, 0.717) is 35.4 Å². The lowest BCUT2D eigenvalue weighted by atomic mass is 10.1. The molecule has 1 amide bonds. The molecule has 0 aliphatic carbocycles. The zero-order valence-electron chi connectivity index (χ0n) is 20.9. The molecule has 4 rings (SSSR count). The minimum absolute atomic E-state index is 0.114. The molecule has 192 valence electrons. The molecule has 8 heteroatoms. The number of carbonyl (C=O) groups is 1. The summed E-state index contributed by atoms with van der Waals surface area (Å²) in [5, 5.41) is 3.59. The minimum Gasteiger partial charge on any atom is -0.493 e. The van der Waals surface area contributed by atoms with Gasteiger partial charge in [0, 0.05) is 5.02 Å². The number of imidazole rings is 1. The largest absolute Gasteiger partial charge is 0.493 e. The van der Waals surface area contributed by atoms with Crippen LogP contribution in [0.3, 0.4) is 0 Å². The molecule has 1 aromatic heterocycles. The van der Waals surface area contributed by atoms with Crippen LogP contribution in [0.15, 0.2) is 79.4 Å². The molecular formula is C29H30ClN3O4. The zero-order chi connectivity index (χ0) is 26.2. The van der Waals surface area contributed by atoms with Gasteiger partial charge in [0.15, 0.2) is 18.1 Å². The molecule has 0 radical (unpaired) electrons. The predicted octanol–water partition coefficient (Wildman–Crippen LogP) is 5.76. The van der Waals surface area contributed by atoms with Crippen molar-refractivity contribution in [1.29, 1.82) is 0 Å². The number of rotatable bonds is 12. The molecule has 3 aromatic carbocycles. The van der Waals surface area contributed by atoms with Crippen LogP contribution in [0.2, 0.25) is 5.02 Å². The number of ether oxygens (including phenoxy) is 3. The van der Waals surface area contributed by atoms with Crippen molar-refractivity contribution in [2.24, 2.45) is 0 Å². The maximum absolute atomic E-state index is 12.6. The van der Waals surface area contributed by atoms with Crippen LogP contribution in [0.5, 0.6) is 17.2 Å². The van der Waals surface area contributed by atoms with Crippen LogP contribution in [0.1, 0.15) is 24.4 Å². The Kier molecular flexibility index (Phi) is 8.69. The van der Waals surface area contributed by atoms with E-state index in [0.717, 1.165) is 28.8 Å². The van der Waals surface area contributed by atoms with Crippen LogP contribution >= 0.6 is 11.6 Å². The second-order valence-electron chi connectivity index (χ2n) is 8.47. The number of aromatic nitrogens is 2. The fourth-order valence-corrected chi connectivity index (χ4v) is 4.18. The van der Waals surface area contributed by atoms with Crippen LogP contribution in [-0.2, 0) is 17.8 Å². The van der Waals surface area contributed by atoms with E-state index in [1.807, 2.05) is 55.5 Å². The molecule has 1 heterocycles. The molecule has 1 N–H and O–H groups in total. The van der Waals surface area contributed by atoms with E-state index >= 15 is 0 Å². The van der Waals surface area contributed by atoms with Crippen molar-refractivity contribution >= 4 is 28.5 Å². The van der Waals surface area contributed by atoms with Crippen molar-refractivity contribution in [1.82, 2.24) is 14.9 Å². The molecule has 4 aromatic rings. The Bertz CT molecular complexity index is 1370. The molecule has 0 saturated carbocycles. The Morgan fingerprint density at radius 1 is 1.11 bits per heavy atom. The van der Waals surface area contributed by atoms with E-state index in [1.165, 1.54) is 0 Å². The molecule has 0 aliphatic rings. The van der Waals surface area contributed by atoms with Crippen LogP contribution in [0, 0.1) is 0 Å². The number of fused-ring (bicyclic) bond motifs is 1. The molecule has 0 aliphatic heterocycles. The summed E-state index contributed by atoms with van der Waals surface area (Å²) < 4.78 is 19.2. The lowest BCUT2D eigenvalue weighted by Gasteiger charge is -2.17. The Hall–Kier alpha value is -3.97. The second kappa shape index (κ2) is 12.3. The maximum atomic E-state index is 12.6. The highest BCUT2D eigenvalue weighted by atomic mass is 35.5. The number of hydrogen-bond acceptors (Lipinski definition) is 5. The normalized spacial score (nSPS) is 11.6. The number of amides is 1. The molecule has 0 fully saturated rings. The third kappa shape index (κ3) is 6.62. The summed E-state index contributed by atoms with van der Waals surface area (Å²) in [5.74, 6) is 2.41. The first kappa shape index (κ1) is 26.1. The van der Waals surface area contributed by atoms with Gasteiger partial charge in [-0.1, -0.05) is 35.9 Å². The maximum Gasteiger partial charge on any atom is 0.258 e. The number of allylic oxidation sites excluding steroid dienone is 1. The van der Waals surface area contributed by atoms with Gasteiger partial charge in [-0.3, -0.25) is 4.79 Å². The smallest absolute Gasteiger partial charge is 0.258 e. The van der Waals surface area contributed by atoms with E-state index in [-0.39, 0.29) is 18.6 Å². The monoisotopic (exact) mass is 519 g/mol. The van der Waals surface area contributed by atoms with E-state index < -0.39 is 0 Å². The zero-order valence-corrected chi connectivity index (χ0v) is 21.7. The summed E-state index contributed by atoms with van der Waals surface area (Å²) in [6.07, 6.45) is 2.61. The van der Waals surface area contributed by atoms with Crippen molar-refractivity contribution in [3.8, 4) is 17.2 Å². The summed E-state index contributed by atoms with van der Waals surface area (Å²) in [4.78, 5) is 17.4. The van der Waals surface area contributed by atoms with Crippen molar-refractivity contribution in [2.45, 2.75) is 25.9 Å². The van der Waals surface area contributed by atoms with Gasteiger partial charge in [0.2, 0.25) is 0 Å². The minimum atomic E-state index is -0.346. The predicted molar refractivity (Wildman–Crippen MR) is 146 cm³/mol. The first-order valence-electron chi connectivity index (χ1n) is 12.0. The van der Waals surface area contributed by atoms with Crippen molar-refractivity contribution in [3.63, 3.8) is 0 Å². The van der Waals surface area contributed by atoms with E-state index in [9.17, 15) is 4.79 Å². The van der Waals surface area contributed by atoms with Gasteiger partial charge in [0.05, 0.1) is 30.7 Å². The van der Waals surface area contributed by atoms with E-state index in [4.69, 9.17) is 30.8 Å². The number of nitrogens with one attached hydrogen (secondary N) is 1. The molecule has 0 saturated heterocycles. The average Bonchev–Trinajstić information content (AvgIpc) is 3.28. The first-order valence-corrected chi connectivity index (χ1v) is 12.4. The molecule has 0 bridgehead atoms. The lowest BCUT2D eigenvalue weighted by Crippen LogP contribution is -2.33. The summed E-state index contributed by atoms with van der Waals surface area (Å²) in [6.45, 7) is 6.50. The number of para-hydroxylation sites is 2. The van der Waals surface area contributed by atoms with Crippen molar-refractivity contribution in [2.75, 3.05) is 20.3 Å². The molecule has 37 heavy (non-hydrogen) atoms. The molecular weight excluding hydrogens is 490 g/mol. The van der Waals surface area contributed by atoms with Crippen molar-refractivity contribution < 1.29 is 19.0 Å². The third-order valence-electron chi connectivity index (χ3n) is 5.81. The summed E-state index contributed by atoms with van der Waals surface area (Å²) in [5.41, 5.74) is 2.92. The Morgan fingerprint density at radius 2 is 1.89 bits per heavy atom. The SMILES string of the molecule is C=CCc1ccc(OCCn2c(C(C)NC(=O)COc3ccc(Cl)cc3)nc3ccccc32)c(OC)c1. The topological polar surface area (TPSA) is 74.6 Å². The summed E-state index contributed by atoms with van der Waals surface area (Å²) in [7, 11) is 1.63. The highest BCUT2D eigenvalue weighted by Crippen LogP contribution is 2.29. The number of halogens is 1. The number of methoxy groups -OCH3 is 1. The number of benzene rings is 3. The van der Waals surface area contributed by atoms with Crippen LogP contribution in [0.25, 0.3) is 11.0 Å². The van der Waals surface area contributed by atoms with Gasteiger partial charge in [-0.25, -0.2) is 4.98 Å². The number of carbonyl (C=O) groups excluding carboxylic acids is 1.